The molecule has 0 bridgehead atoms. The Kier molecular flexibility index (Phi) is 6.41. The maximum Gasteiger partial charge on any atom is 0.190 e. The lowest BCUT2D eigenvalue weighted by Gasteiger charge is -2.12. The first-order valence-electron chi connectivity index (χ1n) is 7.61. The molecule has 0 unspecified atom stereocenters. The molecule has 6 nitrogen and oxygen atoms in total. The van der Waals surface area contributed by atoms with Crippen molar-refractivity contribution in [2.24, 2.45) is 4.99 Å². The van der Waals surface area contributed by atoms with Gasteiger partial charge < -0.3 is 10.6 Å². The van der Waals surface area contributed by atoms with E-state index in [1.807, 2.05) is 29.3 Å². The maximum absolute atomic E-state index is 4.24. The monoisotopic (exact) mass is 300 g/mol. The number of rotatable bonds is 7. The highest BCUT2D eigenvalue weighted by Gasteiger charge is 2.00. The van der Waals surface area contributed by atoms with Gasteiger partial charge in [0.25, 0.3) is 0 Å². The highest BCUT2D eigenvalue weighted by molar-refractivity contribution is 5.79. The minimum atomic E-state index is 0.840. The van der Waals surface area contributed by atoms with Crippen LogP contribution in [0.2, 0.25) is 0 Å². The van der Waals surface area contributed by atoms with Crippen LogP contribution in [-0.2, 0) is 13.0 Å². The van der Waals surface area contributed by atoms with Gasteiger partial charge in [0.15, 0.2) is 5.96 Å². The number of pyridine rings is 1. The van der Waals surface area contributed by atoms with E-state index in [1.165, 1.54) is 11.1 Å². The van der Waals surface area contributed by atoms with E-state index >= 15 is 0 Å². The molecule has 0 saturated heterocycles. The summed E-state index contributed by atoms with van der Waals surface area (Å²) in [4.78, 5) is 8.35. The zero-order valence-corrected chi connectivity index (χ0v) is 13.3. The van der Waals surface area contributed by atoms with Crippen molar-refractivity contribution in [2.75, 3.05) is 20.1 Å². The molecule has 0 radical (unpaired) electrons. The minimum Gasteiger partial charge on any atom is -0.356 e. The summed E-state index contributed by atoms with van der Waals surface area (Å²) in [6, 6.07) is 4.01. The number of hydrogen-bond donors (Lipinski definition) is 2. The quantitative estimate of drug-likeness (QED) is 0.460. The number of aliphatic imine (C=N–C) groups is 1. The minimum absolute atomic E-state index is 0.840. The van der Waals surface area contributed by atoms with Crippen LogP contribution in [0, 0.1) is 6.92 Å². The summed E-state index contributed by atoms with van der Waals surface area (Å²) >= 11 is 0. The van der Waals surface area contributed by atoms with Crippen molar-refractivity contribution in [2.45, 2.75) is 26.3 Å². The van der Waals surface area contributed by atoms with Gasteiger partial charge in [-0.3, -0.25) is 14.7 Å². The molecule has 0 aromatic carbocycles. The molecular formula is C16H24N6. The van der Waals surface area contributed by atoms with Gasteiger partial charge in [0.1, 0.15) is 0 Å². The van der Waals surface area contributed by atoms with Crippen molar-refractivity contribution in [1.29, 1.82) is 0 Å². The fourth-order valence-electron chi connectivity index (χ4n) is 2.20. The fourth-order valence-corrected chi connectivity index (χ4v) is 2.20. The van der Waals surface area contributed by atoms with Crippen molar-refractivity contribution in [3.05, 3.63) is 48.0 Å². The van der Waals surface area contributed by atoms with Crippen LogP contribution in [-0.4, -0.2) is 40.9 Å². The number of nitrogens with one attached hydrogen (secondary N) is 2. The van der Waals surface area contributed by atoms with E-state index in [1.54, 1.807) is 13.2 Å². The van der Waals surface area contributed by atoms with Gasteiger partial charge in [0.2, 0.25) is 0 Å². The highest BCUT2D eigenvalue weighted by atomic mass is 15.3. The summed E-state index contributed by atoms with van der Waals surface area (Å²) < 4.78 is 1.93. The second-order valence-corrected chi connectivity index (χ2v) is 5.10. The molecule has 0 fully saturated rings. The third-order valence-electron chi connectivity index (χ3n) is 3.46. The molecule has 2 heterocycles. The second-order valence-electron chi connectivity index (χ2n) is 5.10. The SMILES string of the molecule is CN=C(NCCCn1cccn1)NCCc1ccncc1C. The van der Waals surface area contributed by atoms with Gasteiger partial charge in [-0.15, -0.1) is 0 Å². The Morgan fingerprint density at radius 2 is 2.14 bits per heavy atom. The standard InChI is InChI=1S/C16H24N6/c1-14-13-18-9-5-15(14)6-10-20-16(17-2)19-7-3-11-22-12-4-8-21-22/h4-5,8-9,12-13H,3,6-7,10-11H2,1-2H3,(H2,17,19,20). The Morgan fingerprint density at radius 3 is 2.86 bits per heavy atom. The third-order valence-corrected chi connectivity index (χ3v) is 3.46. The lowest BCUT2D eigenvalue weighted by Crippen LogP contribution is -2.39. The fraction of sp³-hybridized carbons (Fsp3) is 0.438. The summed E-state index contributed by atoms with van der Waals surface area (Å²) in [5, 5.41) is 10.8. The third kappa shape index (κ3) is 5.20. The largest absolute Gasteiger partial charge is 0.356 e. The molecule has 0 aliphatic carbocycles. The van der Waals surface area contributed by atoms with E-state index in [4.69, 9.17) is 0 Å². The van der Waals surface area contributed by atoms with Gasteiger partial charge in [-0.05, 0) is 43.0 Å². The van der Waals surface area contributed by atoms with Gasteiger partial charge >= 0.3 is 0 Å². The zero-order valence-electron chi connectivity index (χ0n) is 13.3. The van der Waals surface area contributed by atoms with E-state index in [0.717, 1.165) is 38.4 Å². The molecule has 2 rings (SSSR count). The molecule has 2 aromatic heterocycles. The van der Waals surface area contributed by atoms with Gasteiger partial charge in [0.05, 0.1) is 0 Å². The van der Waals surface area contributed by atoms with E-state index in [2.05, 4.69) is 38.7 Å². The molecule has 2 aromatic rings. The van der Waals surface area contributed by atoms with E-state index in [9.17, 15) is 0 Å². The van der Waals surface area contributed by atoms with Crippen LogP contribution in [0.15, 0.2) is 41.9 Å². The summed E-state index contributed by atoms with van der Waals surface area (Å²) in [6.07, 6.45) is 9.48. The van der Waals surface area contributed by atoms with Crippen molar-refractivity contribution >= 4 is 5.96 Å². The predicted octanol–water partition coefficient (Wildman–Crippen LogP) is 1.38. The van der Waals surface area contributed by atoms with Gasteiger partial charge in [-0.2, -0.15) is 5.10 Å². The first-order valence-corrected chi connectivity index (χ1v) is 7.61. The Hall–Kier alpha value is -2.37. The molecule has 0 aliphatic rings. The number of aromatic nitrogens is 3. The normalized spacial score (nSPS) is 11.5. The van der Waals surface area contributed by atoms with Crippen LogP contribution in [0.4, 0.5) is 0 Å². The first-order chi connectivity index (χ1) is 10.8. The highest BCUT2D eigenvalue weighted by Crippen LogP contribution is 2.04. The summed E-state index contributed by atoms with van der Waals surface area (Å²) in [6.45, 7) is 4.72. The van der Waals surface area contributed by atoms with E-state index in [0.29, 0.717) is 0 Å². The molecule has 6 heteroatoms. The Balaban J connectivity index is 1.64. The van der Waals surface area contributed by atoms with Crippen LogP contribution in [0.1, 0.15) is 17.5 Å². The van der Waals surface area contributed by atoms with Gasteiger partial charge in [0, 0.05) is 51.5 Å². The van der Waals surface area contributed by atoms with Crippen LogP contribution in [0.5, 0.6) is 0 Å². The van der Waals surface area contributed by atoms with Crippen LogP contribution in [0.25, 0.3) is 0 Å². The average Bonchev–Trinajstić information content (AvgIpc) is 3.05. The molecule has 118 valence electrons. The zero-order chi connectivity index (χ0) is 15.6. The topological polar surface area (TPSA) is 67.1 Å². The van der Waals surface area contributed by atoms with Crippen molar-refractivity contribution in [3.63, 3.8) is 0 Å². The van der Waals surface area contributed by atoms with Crippen LogP contribution < -0.4 is 10.6 Å². The lowest BCUT2D eigenvalue weighted by molar-refractivity contribution is 0.570. The molecule has 0 amide bonds. The van der Waals surface area contributed by atoms with Crippen LogP contribution >= 0.6 is 0 Å². The van der Waals surface area contributed by atoms with Crippen molar-refractivity contribution < 1.29 is 0 Å². The molecule has 0 atom stereocenters. The molecule has 0 saturated carbocycles. The number of aryl methyl sites for hydroxylation is 2. The molecule has 0 aliphatic heterocycles. The summed E-state index contributed by atoms with van der Waals surface area (Å²) in [7, 11) is 1.79. The van der Waals surface area contributed by atoms with Gasteiger partial charge in [-0.1, -0.05) is 0 Å². The number of nitrogens with zero attached hydrogens (tertiary/aromatic N) is 4. The number of guanidine groups is 1. The molecular weight excluding hydrogens is 276 g/mol. The maximum atomic E-state index is 4.24. The Morgan fingerprint density at radius 1 is 1.27 bits per heavy atom. The predicted molar refractivity (Wildman–Crippen MR) is 88.9 cm³/mol. The Bertz CT molecular complexity index is 576. The van der Waals surface area contributed by atoms with Crippen molar-refractivity contribution in [3.8, 4) is 0 Å². The van der Waals surface area contributed by atoms with E-state index in [-0.39, 0.29) is 0 Å². The van der Waals surface area contributed by atoms with E-state index < -0.39 is 0 Å². The first kappa shape index (κ1) is 16.0. The van der Waals surface area contributed by atoms with Crippen molar-refractivity contribution in [1.82, 2.24) is 25.4 Å². The lowest BCUT2D eigenvalue weighted by atomic mass is 10.1. The number of hydrogen-bond acceptors (Lipinski definition) is 3. The second kappa shape index (κ2) is 8.81. The van der Waals surface area contributed by atoms with Crippen LogP contribution in [0.3, 0.4) is 0 Å². The average molecular weight is 300 g/mol. The molecule has 2 N–H and O–H groups in total. The van der Waals surface area contributed by atoms with Gasteiger partial charge in [-0.25, -0.2) is 0 Å². The summed E-state index contributed by atoms with van der Waals surface area (Å²) in [5.74, 6) is 0.840. The Labute approximate surface area is 131 Å². The molecule has 22 heavy (non-hydrogen) atoms. The molecule has 0 spiro atoms. The smallest absolute Gasteiger partial charge is 0.190 e. The summed E-state index contributed by atoms with van der Waals surface area (Å²) in [5.41, 5.74) is 2.54.